The second kappa shape index (κ2) is 46.7. The number of ketones is 4. The molecule has 1 unspecified atom stereocenters. The van der Waals surface area contributed by atoms with E-state index in [1.807, 2.05) is 228 Å². The fraction of sp³-hybridized carbons (Fsp3) is 0.370. The Morgan fingerprint density at radius 3 is 1.19 bits per heavy atom. The van der Waals surface area contributed by atoms with E-state index in [0.29, 0.717) is 99.7 Å². The van der Waals surface area contributed by atoms with Crippen molar-refractivity contribution in [2.45, 2.75) is 250 Å². The Labute approximate surface area is 894 Å². The van der Waals surface area contributed by atoms with Gasteiger partial charge in [-0.25, -0.2) is 19.9 Å². The molecule has 8 aromatic carbocycles. The lowest BCUT2D eigenvalue weighted by Gasteiger charge is -2.46. The Bertz CT molecular complexity index is 7130. The minimum absolute atomic E-state index is 0.0000640. The van der Waals surface area contributed by atoms with Crippen molar-refractivity contribution in [2.75, 3.05) is 26.2 Å². The number of thiazole rings is 4. The number of Topliss-reactive ketones (excluding diaryl/α,β-unsaturated/α-hetero) is 4. The van der Waals surface area contributed by atoms with Gasteiger partial charge in [0.25, 0.3) is 29.5 Å². The number of carbonyl (C=O) groups is 11. The number of likely N-dealkylation sites (tertiary alicyclic amines) is 4. The number of amides is 7. The zero-order valence-electron chi connectivity index (χ0n) is 85.5. The number of aromatic nitrogens is 4. The summed E-state index contributed by atoms with van der Waals surface area (Å²) in [5, 5.41) is 44.1. The maximum atomic E-state index is 14.4. The minimum atomic E-state index is -1.16. The van der Waals surface area contributed by atoms with Crippen molar-refractivity contribution >= 4 is 121 Å². The summed E-state index contributed by atoms with van der Waals surface area (Å²) in [6.45, 7) is 17.0. The number of β-amino-alcohol motifs (C(OH)–C–C–N with tert-alkyl or cyclic N) is 4. The van der Waals surface area contributed by atoms with E-state index in [4.69, 9.17) is 0 Å². The van der Waals surface area contributed by atoms with E-state index in [2.05, 4.69) is 56.3 Å². The van der Waals surface area contributed by atoms with Crippen LogP contribution in [0.5, 0.6) is 0 Å². The van der Waals surface area contributed by atoms with Crippen molar-refractivity contribution in [3.8, 4) is 41.8 Å². The van der Waals surface area contributed by atoms with Crippen LogP contribution in [0, 0.1) is 40.5 Å². The van der Waals surface area contributed by atoms with Crippen molar-refractivity contribution in [1.29, 1.82) is 0 Å². The first kappa shape index (κ1) is 107. The number of aliphatic hydroxyl groups is 4. The lowest BCUT2D eigenvalue weighted by atomic mass is 9.78. The van der Waals surface area contributed by atoms with Crippen LogP contribution in [0.2, 0.25) is 0 Å². The standard InChI is InChI=1S/C32H35N3O4S.C31H29N3O4S2.C31H35N3O4S.C25H26N2O3S/c1-21-29(40-20-33-21)23-12-9-22(10-13-23)11-14-28(37)27-17-25(36)19-34(27)31(39)32(15-5-2-6-16-32)35-18-24-7-3-4-8-26(24)30(35)38;1-19-29(40-18-32-19)21-11-8-20(9-12-21)10-13-26(36)25-15-23(35)17-33(25)31(38)28(27-7-4-14-39-27)34-16-22-5-2-3-6-24(22)30(34)37;1-19(2)27(33-16-23-7-5-6-8-24(23)29(33)36)30(37)34-17-31(4,38)15-25(34)26(35)14-11-21-9-12-22(13-10-21)28-20(3)32-18-39-28;1-16-4-3-5-20(12-16)25(30)27-14-21(28)13-22(27)23(29)11-8-18-6-9-19(10-7-18)24-17(2)26-15-31-24/h3-4,7-10,12-13,20,25,27,36H,2,5-6,11,14-19H2,1H3;2-9,11-12,14,18,23,25,28,35H,10,13,15-17H2,1H3;5-10,12-13,18-19,25,27,38H,11,14-17H2,1-4H3;3-7,9-10,12,15,21-22,28H,8,11,13-14H2,1-2H3/t25-,27+;23-,25+,28?;25-,27-,31-;21-,22+/m1101/s1. The Morgan fingerprint density at radius 2 is 0.793 bits per heavy atom. The SMILES string of the molecule is Cc1cccc(C(=O)N2C[C@H](O)C[C@H]2C(=O)CCc2ccc(-c3scnc3C)cc2)c1.Cc1ncsc1-c1ccc(CCC(=O)[C@@H]2C[C@@H](O)CN2C(=O)C(c2cccs2)N2Cc3ccccc3C2=O)cc1.Cc1ncsc1-c1ccc(CCC(=O)[C@@H]2C[C@@H](O)CN2C(=O)C2(N3Cc4ccccc4C3=O)CCCCC2)cc1.Cc1ncsc1-c1ccc(CCC(=O)[C@@H]2C[C@](C)(O)CN2C(=O)[C@H](C(C)C)N2Cc3ccccc3C2=O)cc1. The smallest absolute Gasteiger partial charge is 0.255 e. The van der Waals surface area contributed by atoms with Gasteiger partial charge in [-0.15, -0.1) is 56.7 Å². The second-order valence-corrected chi connectivity index (χ2v) is 45.7. The number of hydrogen-bond acceptors (Lipinski definition) is 24. The molecule has 10 atom stereocenters. The molecule has 7 aliphatic heterocycles. The van der Waals surface area contributed by atoms with Crippen LogP contribution in [0.1, 0.15) is 224 Å². The van der Waals surface area contributed by atoms with Crippen LogP contribution in [0.15, 0.2) is 234 Å². The van der Waals surface area contributed by atoms with Crippen LogP contribution in [-0.2, 0) is 78.9 Å². The quantitative estimate of drug-likeness (QED) is 0.0338. The number of aryl methyl sites for hydroxylation is 9. The summed E-state index contributed by atoms with van der Waals surface area (Å²) < 4.78 is 0. The van der Waals surface area contributed by atoms with Gasteiger partial charge in [-0.1, -0.05) is 209 Å². The van der Waals surface area contributed by atoms with Crippen molar-refractivity contribution in [3.05, 3.63) is 328 Å². The summed E-state index contributed by atoms with van der Waals surface area (Å²) in [6, 6.07) is 61.9. The summed E-state index contributed by atoms with van der Waals surface area (Å²) in [6.07, 6.45) is 6.13. The molecule has 7 amide bonds. The molecule has 4 N–H and O–H groups in total. The lowest BCUT2D eigenvalue weighted by Crippen LogP contribution is -2.62. The fourth-order valence-corrected chi connectivity index (χ4v) is 26.6. The van der Waals surface area contributed by atoms with Gasteiger partial charge in [0.1, 0.15) is 17.6 Å². The molecule has 0 bridgehead atoms. The maximum Gasteiger partial charge on any atom is 0.255 e. The average molecular weight is 2110 g/mol. The first-order chi connectivity index (χ1) is 72.2. The Kier molecular flexibility index (Phi) is 33.2. The van der Waals surface area contributed by atoms with E-state index >= 15 is 0 Å². The molecule has 5 aromatic heterocycles. The Morgan fingerprint density at radius 1 is 0.407 bits per heavy atom. The molecule has 1 saturated carbocycles. The molecule has 776 valence electrons. The second-order valence-electron chi connectivity index (χ2n) is 41.3. The van der Waals surface area contributed by atoms with Crippen molar-refractivity contribution in [1.82, 2.24) is 54.2 Å². The number of rotatable bonds is 29. The van der Waals surface area contributed by atoms with Gasteiger partial charge in [0.2, 0.25) is 11.8 Å². The first-order valence-electron chi connectivity index (χ1n) is 51.6. The van der Waals surface area contributed by atoms with Crippen LogP contribution in [0.25, 0.3) is 41.8 Å². The molecule has 21 rings (SSSR count). The Balaban J connectivity index is 0.000000131. The molecule has 8 aliphatic rings. The summed E-state index contributed by atoms with van der Waals surface area (Å²) in [7, 11) is 0. The van der Waals surface area contributed by atoms with Crippen LogP contribution in [0.4, 0.5) is 0 Å². The van der Waals surface area contributed by atoms with Crippen LogP contribution >= 0.6 is 56.7 Å². The molecule has 0 radical (unpaired) electrons. The number of fused-ring (bicyclic) bond motifs is 3. The van der Waals surface area contributed by atoms with Crippen LogP contribution in [0.3, 0.4) is 0 Å². The number of thiophene rings is 1. The van der Waals surface area contributed by atoms with E-state index in [1.165, 1.54) is 26.0 Å². The van der Waals surface area contributed by atoms with Crippen LogP contribution < -0.4 is 0 Å². The summed E-state index contributed by atoms with van der Waals surface area (Å²) in [4.78, 5) is 183. The molecule has 4 saturated heterocycles. The van der Waals surface area contributed by atoms with Crippen molar-refractivity contribution < 1.29 is 73.2 Å². The zero-order chi connectivity index (χ0) is 106. The molecule has 31 heteroatoms. The van der Waals surface area contributed by atoms with Crippen LogP contribution in [-0.4, -0.2) is 225 Å². The maximum absolute atomic E-state index is 14.4. The molecule has 1 aliphatic carbocycles. The van der Waals surface area contributed by atoms with Gasteiger partial charge < -0.3 is 54.7 Å². The number of benzene rings is 8. The molecule has 0 spiro atoms. The molecule has 150 heavy (non-hydrogen) atoms. The number of nitrogens with zero attached hydrogens (tertiary/aromatic N) is 11. The van der Waals surface area contributed by atoms with Gasteiger partial charge in [0.15, 0.2) is 23.1 Å². The molecule has 12 heterocycles. The minimum Gasteiger partial charge on any atom is -0.391 e. The third-order valence-corrected chi connectivity index (χ3v) is 35.2. The predicted octanol–water partition coefficient (Wildman–Crippen LogP) is 18.8. The lowest BCUT2D eigenvalue weighted by molar-refractivity contribution is -0.149. The van der Waals surface area contributed by atoms with Gasteiger partial charge in [-0.2, -0.15) is 0 Å². The normalized spacial score (nSPS) is 20.4. The monoisotopic (exact) mass is 2110 g/mol. The molecule has 5 fully saturated rings. The number of aliphatic hydroxyl groups excluding tert-OH is 3. The van der Waals surface area contributed by atoms with E-state index in [9.17, 15) is 73.2 Å². The topological polar surface area (TPSA) is 343 Å². The van der Waals surface area contributed by atoms with Gasteiger partial charge in [0.05, 0.1) is 119 Å². The van der Waals surface area contributed by atoms with Gasteiger partial charge in [-0.3, -0.25) is 52.7 Å². The van der Waals surface area contributed by atoms with E-state index in [0.717, 1.165) is 133 Å². The first-order valence-corrected chi connectivity index (χ1v) is 56.0. The molecular formula is C119H125N11O15S5. The van der Waals surface area contributed by atoms with E-state index in [1.54, 1.807) is 90.1 Å². The highest BCUT2D eigenvalue weighted by atomic mass is 32.1. The zero-order valence-corrected chi connectivity index (χ0v) is 89.6. The summed E-state index contributed by atoms with van der Waals surface area (Å²) >= 11 is 7.85. The molecular weight excluding hydrogens is 1980 g/mol. The number of hydrogen-bond donors (Lipinski definition) is 4. The third-order valence-electron chi connectivity index (χ3n) is 30.4. The van der Waals surface area contributed by atoms with Gasteiger partial charge >= 0.3 is 0 Å². The predicted molar refractivity (Wildman–Crippen MR) is 583 cm³/mol. The summed E-state index contributed by atoms with van der Waals surface area (Å²) in [5.74, 6) is -1.75. The van der Waals surface area contributed by atoms with Crippen molar-refractivity contribution in [2.24, 2.45) is 5.92 Å². The average Bonchev–Trinajstić information content (AvgIpc) is 1.59. The third kappa shape index (κ3) is 23.4. The highest BCUT2D eigenvalue weighted by molar-refractivity contribution is 7.14. The highest BCUT2D eigenvalue weighted by Crippen LogP contribution is 2.45. The van der Waals surface area contributed by atoms with E-state index in [-0.39, 0.29) is 129 Å². The highest BCUT2D eigenvalue weighted by Gasteiger charge is 2.56. The fourth-order valence-electron chi connectivity index (χ4n) is 22.5. The molecule has 13 aromatic rings. The van der Waals surface area contributed by atoms with Gasteiger partial charge in [0, 0.05) is 118 Å². The largest absolute Gasteiger partial charge is 0.391 e. The molecule has 26 nitrogen and oxygen atoms in total. The Hall–Kier alpha value is -13.2. The number of carbonyl (C=O) groups excluding carboxylic acids is 11. The summed E-state index contributed by atoms with van der Waals surface area (Å²) in [5.41, 5.74) is 24.1. The van der Waals surface area contributed by atoms with Gasteiger partial charge in [-0.05, 0) is 189 Å². The van der Waals surface area contributed by atoms with Crippen molar-refractivity contribution in [3.63, 3.8) is 0 Å². The van der Waals surface area contributed by atoms with E-state index < -0.39 is 65.7 Å².